The minimum absolute atomic E-state index is 0.141. The van der Waals surface area contributed by atoms with E-state index in [2.05, 4.69) is 22.9 Å². The topological polar surface area (TPSA) is 9.23 Å². The van der Waals surface area contributed by atoms with Gasteiger partial charge in [-0.1, -0.05) is 28.9 Å². The molecule has 0 spiro atoms. The first-order valence-corrected chi connectivity index (χ1v) is 6.52. The van der Waals surface area contributed by atoms with Gasteiger partial charge in [-0.2, -0.15) is 0 Å². The van der Waals surface area contributed by atoms with E-state index in [0.717, 1.165) is 18.4 Å². The molecule has 1 fully saturated rings. The van der Waals surface area contributed by atoms with Crippen LogP contribution in [0.4, 0.5) is 4.39 Å². The highest BCUT2D eigenvalue weighted by atomic mass is 79.9. The molecule has 3 heteroatoms. The second-order valence-corrected chi connectivity index (χ2v) is 5.62. The fourth-order valence-electron chi connectivity index (χ4n) is 2.49. The van der Waals surface area contributed by atoms with Crippen LogP contribution in [0.25, 0.3) is 0 Å². The first-order valence-electron chi connectivity index (χ1n) is 5.61. The van der Waals surface area contributed by atoms with Crippen molar-refractivity contribution in [1.82, 2.24) is 0 Å². The van der Waals surface area contributed by atoms with E-state index in [0.29, 0.717) is 22.4 Å². The quantitative estimate of drug-likeness (QED) is 0.744. The molecule has 0 heterocycles. The molecule has 0 saturated heterocycles. The predicted molar refractivity (Wildman–Crippen MR) is 66.8 cm³/mol. The van der Waals surface area contributed by atoms with Crippen molar-refractivity contribution in [2.75, 3.05) is 7.11 Å². The van der Waals surface area contributed by atoms with Gasteiger partial charge in [-0.15, -0.1) is 0 Å². The standard InChI is InChI=1S/C13H16BrFO/c1-8-10(5-6-12(8)14)11-4-3-9(16-2)7-13(11)15/h3-4,7-8,10,12H,5-6H2,1-2H3. The van der Waals surface area contributed by atoms with E-state index in [-0.39, 0.29) is 5.82 Å². The molecule has 1 aliphatic rings. The Morgan fingerprint density at radius 3 is 2.62 bits per heavy atom. The zero-order valence-electron chi connectivity index (χ0n) is 9.54. The van der Waals surface area contributed by atoms with Gasteiger partial charge in [0.15, 0.2) is 0 Å². The van der Waals surface area contributed by atoms with E-state index in [9.17, 15) is 4.39 Å². The fraction of sp³-hybridized carbons (Fsp3) is 0.538. The second kappa shape index (κ2) is 4.74. The molecule has 0 bridgehead atoms. The van der Waals surface area contributed by atoms with Crippen molar-refractivity contribution < 1.29 is 9.13 Å². The van der Waals surface area contributed by atoms with Crippen LogP contribution in [0.1, 0.15) is 31.2 Å². The molecule has 88 valence electrons. The van der Waals surface area contributed by atoms with Crippen molar-refractivity contribution in [2.24, 2.45) is 5.92 Å². The summed E-state index contributed by atoms with van der Waals surface area (Å²) in [6, 6.07) is 5.18. The van der Waals surface area contributed by atoms with Crippen LogP contribution in [0.3, 0.4) is 0 Å². The van der Waals surface area contributed by atoms with Crippen LogP contribution < -0.4 is 4.74 Å². The molecule has 0 N–H and O–H groups in total. The molecule has 1 nitrogen and oxygen atoms in total. The molecule has 0 radical (unpaired) electrons. The summed E-state index contributed by atoms with van der Waals surface area (Å²) < 4.78 is 18.9. The summed E-state index contributed by atoms with van der Waals surface area (Å²) in [4.78, 5) is 0.513. The van der Waals surface area contributed by atoms with Gasteiger partial charge in [-0.3, -0.25) is 0 Å². The lowest BCUT2D eigenvalue weighted by Crippen LogP contribution is -2.10. The monoisotopic (exact) mass is 286 g/mol. The average Bonchev–Trinajstić information content (AvgIpc) is 2.60. The van der Waals surface area contributed by atoms with E-state index in [4.69, 9.17) is 4.74 Å². The fourth-order valence-corrected chi connectivity index (χ4v) is 3.12. The van der Waals surface area contributed by atoms with Crippen molar-refractivity contribution >= 4 is 15.9 Å². The first-order chi connectivity index (χ1) is 7.63. The van der Waals surface area contributed by atoms with E-state index in [1.165, 1.54) is 6.07 Å². The summed E-state index contributed by atoms with van der Waals surface area (Å²) in [5.74, 6) is 1.26. The van der Waals surface area contributed by atoms with Crippen molar-refractivity contribution in [2.45, 2.75) is 30.5 Å². The lowest BCUT2D eigenvalue weighted by molar-refractivity contribution is 0.409. The molecule has 1 aromatic carbocycles. The normalized spacial score (nSPS) is 29.4. The Bertz CT molecular complexity index is 380. The second-order valence-electron chi connectivity index (χ2n) is 4.45. The highest BCUT2D eigenvalue weighted by molar-refractivity contribution is 9.09. The zero-order chi connectivity index (χ0) is 11.7. The largest absolute Gasteiger partial charge is 0.497 e. The predicted octanol–water partition coefficient (Wildman–Crippen LogP) is 4.11. The molecule has 0 aliphatic heterocycles. The van der Waals surface area contributed by atoms with Gasteiger partial charge in [0.05, 0.1) is 7.11 Å². The minimum atomic E-state index is -0.141. The lowest BCUT2D eigenvalue weighted by atomic mass is 9.90. The summed E-state index contributed by atoms with van der Waals surface area (Å²) in [6.07, 6.45) is 2.18. The van der Waals surface area contributed by atoms with Crippen LogP contribution >= 0.6 is 15.9 Å². The van der Waals surface area contributed by atoms with Gasteiger partial charge in [0.1, 0.15) is 11.6 Å². The molecule has 0 aromatic heterocycles. The number of ether oxygens (including phenoxy) is 1. The Labute approximate surface area is 104 Å². The summed E-state index contributed by atoms with van der Waals surface area (Å²) >= 11 is 3.65. The molecule has 3 atom stereocenters. The van der Waals surface area contributed by atoms with Crippen molar-refractivity contribution in [3.8, 4) is 5.75 Å². The Morgan fingerprint density at radius 2 is 2.12 bits per heavy atom. The Balaban J connectivity index is 2.27. The van der Waals surface area contributed by atoms with Gasteiger partial charge in [0.2, 0.25) is 0 Å². The van der Waals surface area contributed by atoms with Crippen molar-refractivity contribution in [3.05, 3.63) is 29.6 Å². The maximum atomic E-state index is 13.9. The average molecular weight is 287 g/mol. The number of rotatable bonds is 2. The summed E-state index contributed by atoms with van der Waals surface area (Å²) in [5.41, 5.74) is 0.829. The SMILES string of the molecule is COc1ccc(C2CCC(Br)C2C)c(F)c1. The molecule has 16 heavy (non-hydrogen) atoms. The zero-order valence-corrected chi connectivity index (χ0v) is 11.1. The minimum Gasteiger partial charge on any atom is -0.497 e. The third-order valence-corrected chi connectivity index (χ3v) is 4.86. The molecule has 1 saturated carbocycles. The van der Waals surface area contributed by atoms with E-state index >= 15 is 0 Å². The van der Waals surface area contributed by atoms with Gasteiger partial charge >= 0.3 is 0 Å². The maximum absolute atomic E-state index is 13.9. The third-order valence-electron chi connectivity index (χ3n) is 3.57. The molecule has 2 rings (SSSR count). The Morgan fingerprint density at radius 1 is 1.38 bits per heavy atom. The van der Waals surface area contributed by atoms with Crippen LogP contribution in [0.2, 0.25) is 0 Å². The smallest absolute Gasteiger partial charge is 0.130 e. The van der Waals surface area contributed by atoms with Crippen molar-refractivity contribution in [1.29, 1.82) is 0 Å². The van der Waals surface area contributed by atoms with Gasteiger partial charge in [-0.25, -0.2) is 4.39 Å². The molecule has 3 unspecified atom stereocenters. The summed E-state index contributed by atoms with van der Waals surface area (Å²) in [6.45, 7) is 2.18. The number of hydrogen-bond acceptors (Lipinski definition) is 1. The summed E-state index contributed by atoms with van der Waals surface area (Å²) in [5, 5.41) is 0. The number of hydrogen-bond donors (Lipinski definition) is 0. The van der Waals surface area contributed by atoms with E-state index in [1.807, 2.05) is 12.1 Å². The number of alkyl halides is 1. The van der Waals surface area contributed by atoms with E-state index in [1.54, 1.807) is 7.11 Å². The van der Waals surface area contributed by atoms with Crippen LogP contribution in [-0.4, -0.2) is 11.9 Å². The highest BCUT2D eigenvalue weighted by Crippen LogP contribution is 2.43. The van der Waals surface area contributed by atoms with Gasteiger partial charge < -0.3 is 4.74 Å². The van der Waals surface area contributed by atoms with Gasteiger partial charge in [0, 0.05) is 10.9 Å². The van der Waals surface area contributed by atoms with Gasteiger partial charge in [-0.05, 0) is 36.3 Å². The number of benzene rings is 1. The van der Waals surface area contributed by atoms with Crippen LogP contribution in [0.5, 0.6) is 5.75 Å². The van der Waals surface area contributed by atoms with Crippen LogP contribution in [0, 0.1) is 11.7 Å². The summed E-state index contributed by atoms with van der Waals surface area (Å²) in [7, 11) is 1.56. The Hall–Kier alpha value is -0.570. The Kier molecular flexibility index (Phi) is 3.53. The van der Waals surface area contributed by atoms with Gasteiger partial charge in [0.25, 0.3) is 0 Å². The van der Waals surface area contributed by atoms with Crippen molar-refractivity contribution in [3.63, 3.8) is 0 Å². The number of methoxy groups -OCH3 is 1. The highest BCUT2D eigenvalue weighted by Gasteiger charge is 2.33. The first kappa shape index (κ1) is 11.9. The molecule has 0 amide bonds. The van der Waals surface area contributed by atoms with Crippen LogP contribution in [0.15, 0.2) is 18.2 Å². The van der Waals surface area contributed by atoms with Crippen LogP contribution in [-0.2, 0) is 0 Å². The third kappa shape index (κ3) is 2.10. The number of halogens is 2. The maximum Gasteiger partial charge on any atom is 0.130 e. The molecule has 1 aromatic rings. The van der Waals surface area contributed by atoms with E-state index < -0.39 is 0 Å². The lowest BCUT2D eigenvalue weighted by Gasteiger charge is -2.18. The molecular weight excluding hydrogens is 271 g/mol. The molecular formula is C13H16BrFO. The molecule has 1 aliphatic carbocycles.